The molecule has 1 fully saturated rings. The Bertz CT molecular complexity index is 1090. The van der Waals surface area contributed by atoms with Crippen molar-refractivity contribution in [3.8, 4) is 5.75 Å². The third-order valence-electron chi connectivity index (χ3n) is 5.87. The lowest BCUT2D eigenvalue weighted by molar-refractivity contribution is -0.122. The van der Waals surface area contributed by atoms with Crippen LogP contribution in [-0.4, -0.2) is 41.9 Å². The number of aromatic amines is 1. The molecule has 162 valence electrons. The molecule has 1 aliphatic heterocycles. The normalized spacial score (nSPS) is 14.6. The van der Waals surface area contributed by atoms with Gasteiger partial charge in [0, 0.05) is 48.6 Å². The number of aromatic nitrogens is 1. The Morgan fingerprint density at radius 3 is 2.68 bits per heavy atom. The molecule has 1 aromatic heterocycles. The number of H-pyrrole nitrogens is 1. The maximum Gasteiger partial charge on any atom is 0.270 e. The van der Waals surface area contributed by atoms with E-state index in [0.29, 0.717) is 30.8 Å². The SMILES string of the molecule is COc1ccc2cc(C(=O)N3CCC(CC(=O)NCc4ccccc4F)CC3)[nH]c2c1. The van der Waals surface area contributed by atoms with E-state index in [1.54, 1.807) is 25.3 Å². The molecule has 0 bridgehead atoms. The van der Waals surface area contributed by atoms with Gasteiger partial charge in [0.1, 0.15) is 17.3 Å². The van der Waals surface area contributed by atoms with E-state index >= 15 is 0 Å². The van der Waals surface area contributed by atoms with Gasteiger partial charge in [-0.3, -0.25) is 9.59 Å². The molecule has 0 atom stereocenters. The Morgan fingerprint density at radius 1 is 1.16 bits per heavy atom. The second kappa shape index (κ2) is 9.20. The van der Waals surface area contributed by atoms with Crippen LogP contribution in [0.4, 0.5) is 4.39 Å². The van der Waals surface area contributed by atoms with Gasteiger partial charge in [-0.1, -0.05) is 18.2 Å². The second-order valence-corrected chi connectivity index (χ2v) is 7.94. The molecule has 0 saturated carbocycles. The number of likely N-dealkylation sites (tertiary alicyclic amines) is 1. The van der Waals surface area contributed by atoms with Gasteiger partial charge in [-0.15, -0.1) is 0 Å². The van der Waals surface area contributed by atoms with E-state index in [9.17, 15) is 14.0 Å². The van der Waals surface area contributed by atoms with Crippen molar-refractivity contribution in [1.82, 2.24) is 15.2 Å². The number of methoxy groups -OCH3 is 1. The topological polar surface area (TPSA) is 74.4 Å². The molecule has 2 amide bonds. The number of nitrogens with zero attached hydrogens (tertiary/aromatic N) is 1. The Balaban J connectivity index is 1.27. The molecule has 4 rings (SSSR count). The summed E-state index contributed by atoms with van der Waals surface area (Å²) in [7, 11) is 1.61. The van der Waals surface area contributed by atoms with E-state index in [0.717, 1.165) is 29.5 Å². The van der Waals surface area contributed by atoms with Gasteiger partial charge in [0.25, 0.3) is 5.91 Å². The van der Waals surface area contributed by atoms with Crippen molar-refractivity contribution in [2.24, 2.45) is 5.92 Å². The van der Waals surface area contributed by atoms with Crippen molar-refractivity contribution in [2.75, 3.05) is 20.2 Å². The number of hydrogen-bond donors (Lipinski definition) is 2. The molecule has 6 nitrogen and oxygen atoms in total. The quantitative estimate of drug-likeness (QED) is 0.632. The highest BCUT2D eigenvalue weighted by molar-refractivity contribution is 5.98. The molecule has 0 unspecified atom stereocenters. The summed E-state index contributed by atoms with van der Waals surface area (Å²) in [5.41, 5.74) is 1.90. The number of halogens is 1. The monoisotopic (exact) mass is 423 g/mol. The molecule has 0 radical (unpaired) electrons. The molecule has 2 aromatic carbocycles. The highest BCUT2D eigenvalue weighted by atomic mass is 19.1. The van der Waals surface area contributed by atoms with Crippen molar-refractivity contribution in [2.45, 2.75) is 25.8 Å². The standard InChI is InChI=1S/C24H26FN3O3/c1-31-19-7-6-17-13-22(27-21(17)14-19)24(30)28-10-8-16(9-11-28)12-23(29)26-15-18-4-2-3-5-20(18)25/h2-7,13-14,16,27H,8-12,15H2,1H3,(H,26,29). The summed E-state index contributed by atoms with van der Waals surface area (Å²) in [5, 5.41) is 3.76. The van der Waals surface area contributed by atoms with E-state index in [1.807, 2.05) is 29.2 Å². The maximum absolute atomic E-state index is 13.7. The van der Waals surface area contributed by atoms with Crippen LogP contribution in [0, 0.1) is 11.7 Å². The van der Waals surface area contributed by atoms with Gasteiger partial charge in [-0.25, -0.2) is 4.39 Å². The van der Waals surface area contributed by atoms with Crippen LogP contribution in [0.5, 0.6) is 5.75 Å². The van der Waals surface area contributed by atoms with Crippen molar-refractivity contribution in [3.05, 3.63) is 65.6 Å². The molecule has 3 aromatic rings. The predicted octanol–water partition coefficient (Wildman–Crippen LogP) is 3.87. The minimum atomic E-state index is -0.315. The van der Waals surface area contributed by atoms with Crippen LogP contribution in [-0.2, 0) is 11.3 Å². The minimum Gasteiger partial charge on any atom is -0.497 e. The number of ether oxygens (including phenoxy) is 1. The maximum atomic E-state index is 13.7. The zero-order valence-corrected chi connectivity index (χ0v) is 17.5. The number of benzene rings is 2. The number of rotatable bonds is 6. The van der Waals surface area contributed by atoms with E-state index in [1.165, 1.54) is 6.07 Å². The smallest absolute Gasteiger partial charge is 0.270 e. The summed E-state index contributed by atoms with van der Waals surface area (Å²) in [5.74, 6) is 0.527. The molecule has 1 aliphatic rings. The van der Waals surface area contributed by atoms with E-state index < -0.39 is 0 Å². The third-order valence-corrected chi connectivity index (χ3v) is 5.87. The fourth-order valence-corrected chi connectivity index (χ4v) is 4.03. The average molecular weight is 423 g/mol. The number of carbonyl (C=O) groups excluding carboxylic acids is 2. The highest BCUT2D eigenvalue weighted by Gasteiger charge is 2.26. The summed E-state index contributed by atoms with van der Waals surface area (Å²) < 4.78 is 18.9. The van der Waals surface area contributed by atoms with E-state index in [2.05, 4.69) is 10.3 Å². The first-order valence-corrected chi connectivity index (χ1v) is 10.5. The van der Waals surface area contributed by atoms with Crippen LogP contribution in [0.3, 0.4) is 0 Å². The molecule has 0 aliphatic carbocycles. The van der Waals surface area contributed by atoms with Crippen LogP contribution < -0.4 is 10.1 Å². The lowest BCUT2D eigenvalue weighted by atomic mass is 9.93. The molecule has 2 heterocycles. The van der Waals surface area contributed by atoms with Crippen molar-refractivity contribution in [1.29, 1.82) is 0 Å². The molecule has 7 heteroatoms. The van der Waals surface area contributed by atoms with Gasteiger partial charge in [-0.05, 0) is 43.0 Å². The highest BCUT2D eigenvalue weighted by Crippen LogP contribution is 2.25. The Kier molecular flexibility index (Phi) is 6.21. The number of carbonyl (C=O) groups is 2. The number of nitrogens with one attached hydrogen (secondary N) is 2. The van der Waals surface area contributed by atoms with Gasteiger partial charge < -0.3 is 19.9 Å². The molecule has 2 N–H and O–H groups in total. The predicted molar refractivity (Wildman–Crippen MR) is 116 cm³/mol. The van der Waals surface area contributed by atoms with Crippen LogP contribution in [0.2, 0.25) is 0 Å². The summed E-state index contributed by atoms with van der Waals surface area (Å²) in [6.07, 6.45) is 1.93. The number of piperidine rings is 1. The molecule has 1 saturated heterocycles. The summed E-state index contributed by atoms with van der Waals surface area (Å²) in [6, 6.07) is 14.0. The lowest BCUT2D eigenvalue weighted by Gasteiger charge is -2.31. The molecule has 31 heavy (non-hydrogen) atoms. The van der Waals surface area contributed by atoms with Crippen LogP contribution in [0.25, 0.3) is 10.9 Å². The summed E-state index contributed by atoms with van der Waals surface area (Å²) >= 11 is 0. The van der Waals surface area contributed by atoms with Crippen LogP contribution in [0.1, 0.15) is 35.3 Å². The largest absolute Gasteiger partial charge is 0.497 e. The van der Waals surface area contributed by atoms with Crippen LogP contribution in [0.15, 0.2) is 48.5 Å². The Hall–Kier alpha value is -3.35. The van der Waals surface area contributed by atoms with Gasteiger partial charge >= 0.3 is 0 Å². The lowest BCUT2D eigenvalue weighted by Crippen LogP contribution is -2.39. The first-order valence-electron chi connectivity index (χ1n) is 10.5. The van der Waals surface area contributed by atoms with E-state index in [-0.39, 0.29) is 30.1 Å². The van der Waals surface area contributed by atoms with Crippen molar-refractivity contribution in [3.63, 3.8) is 0 Å². The second-order valence-electron chi connectivity index (χ2n) is 7.94. The zero-order valence-electron chi connectivity index (χ0n) is 17.5. The fraction of sp³-hybridized carbons (Fsp3) is 0.333. The van der Waals surface area contributed by atoms with Crippen molar-refractivity contribution >= 4 is 22.7 Å². The minimum absolute atomic E-state index is 0.0300. The number of fused-ring (bicyclic) bond motifs is 1. The molecular weight excluding hydrogens is 397 g/mol. The number of hydrogen-bond acceptors (Lipinski definition) is 3. The zero-order chi connectivity index (χ0) is 21.8. The molecular formula is C24H26FN3O3. The van der Waals surface area contributed by atoms with Gasteiger partial charge in [-0.2, -0.15) is 0 Å². The van der Waals surface area contributed by atoms with Crippen LogP contribution >= 0.6 is 0 Å². The fourth-order valence-electron chi connectivity index (χ4n) is 4.03. The first-order chi connectivity index (χ1) is 15.0. The Labute approximate surface area is 180 Å². The van der Waals surface area contributed by atoms with Gasteiger partial charge in [0.05, 0.1) is 7.11 Å². The van der Waals surface area contributed by atoms with Gasteiger partial charge in [0.15, 0.2) is 0 Å². The average Bonchev–Trinajstić information content (AvgIpc) is 3.22. The first kappa shape index (κ1) is 20.9. The molecule has 0 spiro atoms. The summed E-state index contributed by atoms with van der Waals surface area (Å²) in [6.45, 7) is 1.42. The van der Waals surface area contributed by atoms with E-state index in [4.69, 9.17) is 4.74 Å². The summed E-state index contributed by atoms with van der Waals surface area (Å²) in [4.78, 5) is 30.2. The number of amides is 2. The van der Waals surface area contributed by atoms with Gasteiger partial charge in [0.2, 0.25) is 5.91 Å². The Morgan fingerprint density at radius 2 is 1.94 bits per heavy atom. The third kappa shape index (κ3) is 4.87. The van der Waals surface area contributed by atoms with Crippen molar-refractivity contribution < 1.29 is 18.7 Å².